The molecule has 1 amide bonds. The Bertz CT molecular complexity index is 589. The van der Waals surface area contributed by atoms with Gasteiger partial charge < -0.3 is 5.32 Å². The van der Waals surface area contributed by atoms with E-state index >= 15 is 0 Å². The van der Waals surface area contributed by atoms with Crippen molar-refractivity contribution < 1.29 is 4.79 Å². The third-order valence-electron chi connectivity index (χ3n) is 3.29. The normalized spacial score (nSPS) is 12.2. The fourth-order valence-corrected chi connectivity index (χ4v) is 2.12. The van der Waals surface area contributed by atoms with E-state index < -0.39 is 0 Å². The highest BCUT2D eigenvalue weighted by atomic mass is 16.1. The number of nitrogens with one attached hydrogen (secondary N) is 1. The standard InChI is InChI=1S/C16H21N3O/c1-4-14-6-5-7-15(11-14)17-16(20)10-13(3)19-9-8-12(2)18-19/h5-9,11,13H,4,10H2,1-3H3,(H,17,20)/t13-/m0/s1. The van der Waals surface area contributed by atoms with E-state index in [2.05, 4.69) is 23.4 Å². The number of rotatable bonds is 5. The van der Waals surface area contributed by atoms with Crippen molar-refractivity contribution in [1.29, 1.82) is 0 Å². The molecule has 0 aliphatic carbocycles. The summed E-state index contributed by atoms with van der Waals surface area (Å²) in [7, 11) is 0. The number of benzene rings is 1. The second kappa shape index (κ2) is 6.37. The van der Waals surface area contributed by atoms with Gasteiger partial charge in [0.1, 0.15) is 0 Å². The molecule has 106 valence electrons. The van der Waals surface area contributed by atoms with Gasteiger partial charge in [0.05, 0.1) is 11.7 Å². The minimum absolute atomic E-state index is 0.0129. The average Bonchev–Trinajstić information content (AvgIpc) is 2.85. The van der Waals surface area contributed by atoms with E-state index in [0.717, 1.165) is 17.8 Å². The van der Waals surface area contributed by atoms with Crippen molar-refractivity contribution >= 4 is 11.6 Å². The third-order valence-corrected chi connectivity index (χ3v) is 3.29. The van der Waals surface area contributed by atoms with Gasteiger partial charge in [-0.15, -0.1) is 0 Å². The zero-order valence-corrected chi connectivity index (χ0v) is 12.3. The van der Waals surface area contributed by atoms with Crippen molar-refractivity contribution in [3.05, 3.63) is 47.8 Å². The molecule has 0 unspecified atom stereocenters. The Morgan fingerprint density at radius 3 is 2.85 bits per heavy atom. The second-order valence-electron chi connectivity index (χ2n) is 5.09. The molecule has 0 aliphatic rings. The van der Waals surface area contributed by atoms with Crippen molar-refractivity contribution in [2.75, 3.05) is 5.32 Å². The molecule has 2 aromatic rings. The summed E-state index contributed by atoms with van der Waals surface area (Å²) in [6.07, 6.45) is 3.29. The quantitative estimate of drug-likeness (QED) is 0.906. The van der Waals surface area contributed by atoms with E-state index in [-0.39, 0.29) is 11.9 Å². The van der Waals surface area contributed by atoms with Crippen LogP contribution in [0.1, 0.15) is 37.6 Å². The molecule has 0 bridgehead atoms. The molecule has 1 aromatic heterocycles. The van der Waals surface area contributed by atoms with Gasteiger partial charge in [-0.05, 0) is 44.0 Å². The van der Waals surface area contributed by atoms with Crippen molar-refractivity contribution in [2.45, 2.75) is 39.7 Å². The topological polar surface area (TPSA) is 46.9 Å². The summed E-state index contributed by atoms with van der Waals surface area (Å²) in [5, 5.41) is 7.28. The van der Waals surface area contributed by atoms with E-state index in [1.165, 1.54) is 5.56 Å². The lowest BCUT2D eigenvalue weighted by atomic mass is 10.1. The Kier molecular flexibility index (Phi) is 4.56. The Morgan fingerprint density at radius 1 is 1.40 bits per heavy atom. The van der Waals surface area contributed by atoms with Crippen LogP contribution in [0.2, 0.25) is 0 Å². The fraction of sp³-hybridized carbons (Fsp3) is 0.375. The molecule has 4 heteroatoms. The number of carbonyl (C=O) groups is 1. The maximum absolute atomic E-state index is 12.1. The molecule has 4 nitrogen and oxygen atoms in total. The lowest BCUT2D eigenvalue weighted by Crippen LogP contribution is -2.18. The fourth-order valence-electron chi connectivity index (χ4n) is 2.12. The van der Waals surface area contributed by atoms with Crippen molar-refractivity contribution in [1.82, 2.24) is 9.78 Å². The molecule has 0 spiro atoms. The van der Waals surface area contributed by atoms with E-state index in [4.69, 9.17) is 0 Å². The first-order chi connectivity index (χ1) is 9.58. The molecule has 0 aliphatic heterocycles. The van der Waals surface area contributed by atoms with Crippen LogP contribution in [0.5, 0.6) is 0 Å². The Labute approximate surface area is 119 Å². The Hall–Kier alpha value is -2.10. The predicted octanol–water partition coefficient (Wildman–Crippen LogP) is 3.34. The smallest absolute Gasteiger partial charge is 0.226 e. The molecular weight excluding hydrogens is 250 g/mol. The van der Waals surface area contributed by atoms with E-state index in [1.54, 1.807) is 0 Å². The van der Waals surface area contributed by atoms with Crippen LogP contribution < -0.4 is 5.32 Å². The lowest BCUT2D eigenvalue weighted by molar-refractivity contribution is -0.116. The Morgan fingerprint density at radius 2 is 2.20 bits per heavy atom. The third kappa shape index (κ3) is 3.70. The zero-order valence-electron chi connectivity index (χ0n) is 12.3. The van der Waals surface area contributed by atoms with Gasteiger partial charge in [-0.1, -0.05) is 19.1 Å². The summed E-state index contributed by atoms with van der Waals surface area (Å²) < 4.78 is 1.83. The van der Waals surface area contributed by atoms with Crippen molar-refractivity contribution in [2.24, 2.45) is 0 Å². The van der Waals surface area contributed by atoms with Crippen LogP contribution in [0.3, 0.4) is 0 Å². The van der Waals surface area contributed by atoms with Gasteiger partial charge in [-0.2, -0.15) is 5.10 Å². The molecule has 1 atom stereocenters. The Balaban J connectivity index is 1.95. The highest BCUT2D eigenvalue weighted by molar-refractivity contribution is 5.91. The number of aromatic nitrogens is 2. The van der Waals surface area contributed by atoms with Gasteiger partial charge >= 0.3 is 0 Å². The van der Waals surface area contributed by atoms with Gasteiger partial charge in [0.15, 0.2) is 0 Å². The van der Waals surface area contributed by atoms with Gasteiger partial charge in [-0.25, -0.2) is 0 Å². The number of hydrogen-bond donors (Lipinski definition) is 1. The summed E-state index contributed by atoms with van der Waals surface area (Å²) in [5.74, 6) is 0.0129. The largest absolute Gasteiger partial charge is 0.326 e. The lowest BCUT2D eigenvalue weighted by Gasteiger charge is -2.12. The molecule has 0 saturated heterocycles. The van der Waals surface area contributed by atoms with Gasteiger partial charge in [-0.3, -0.25) is 9.48 Å². The molecule has 1 heterocycles. The average molecular weight is 271 g/mol. The summed E-state index contributed by atoms with van der Waals surface area (Å²) in [6, 6.07) is 9.96. The molecule has 0 radical (unpaired) electrons. The monoisotopic (exact) mass is 271 g/mol. The van der Waals surface area contributed by atoms with E-state index in [0.29, 0.717) is 6.42 Å². The molecule has 1 aromatic carbocycles. The molecule has 20 heavy (non-hydrogen) atoms. The van der Waals surface area contributed by atoms with Crippen LogP contribution >= 0.6 is 0 Å². The van der Waals surface area contributed by atoms with Crippen LogP contribution in [0.4, 0.5) is 5.69 Å². The highest BCUT2D eigenvalue weighted by Gasteiger charge is 2.11. The zero-order chi connectivity index (χ0) is 14.5. The van der Waals surface area contributed by atoms with E-state index in [1.807, 2.05) is 49.0 Å². The number of hydrogen-bond acceptors (Lipinski definition) is 2. The minimum Gasteiger partial charge on any atom is -0.326 e. The van der Waals surface area contributed by atoms with Crippen molar-refractivity contribution in [3.8, 4) is 0 Å². The first kappa shape index (κ1) is 14.3. The van der Waals surface area contributed by atoms with E-state index in [9.17, 15) is 4.79 Å². The number of nitrogens with zero attached hydrogens (tertiary/aromatic N) is 2. The van der Waals surface area contributed by atoms with Crippen molar-refractivity contribution in [3.63, 3.8) is 0 Å². The number of aryl methyl sites for hydroxylation is 2. The van der Waals surface area contributed by atoms with Crippen LogP contribution in [0, 0.1) is 6.92 Å². The number of amides is 1. The molecule has 0 saturated carbocycles. The number of carbonyl (C=O) groups excluding carboxylic acids is 1. The van der Waals surface area contributed by atoms with Gasteiger partial charge in [0.25, 0.3) is 0 Å². The minimum atomic E-state index is 0.0129. The molecule has 1 N–H and O–H groups in total. The first-order valence-corrected chi connectivity index (χ1v) is 6.99. The van der Waals surface area contributed by atoms with Gasteiger partial charge in [0.2, 0.25) is 5.91 Å². The van der Waals surface area contributed by atoms with Crippen LogP contribution in [-0.2, 0) is 11.2 Å². The van der Waals surface area contributed by atoms with Crippen LogP contribution in [-0.4, -0.2) is 15.7 Å². The summed E-state index contributed by atoms with van der Waals surface area (Å²) in [4.78, 5) is 12.1. The summed E-state index contributed by atoms with van der Waals surface area (Å²) >= 11 is 0. The number of anilines is 1. The molecule has 2 rings (SSSR count). The van der Waals surface area contributed by atoms with Gasteiger partial charge in [0, 0.05) is 18.3 Å². The predicted molar refractivity (Wildman–Crippen MR) is 80.7 cm³/mol. The maximum atomic E-state index is 12.1. The second-order valence-corrected chi connectivity index (χ2v) is 5.09. The SMILES string of the molecule is CCc1cccc(NC(=O)C[C@H](C)n2ccc(C)n2)c1. The van der Waals surface area contributed by atoms with Crippen LogP contribution in [0.25, 0.3) is 0 Å². The molecular formula is C16H21N3O. The summed E-state index contributed by atoms with van der Waals surface area (Å²) in [5.41, 5.74) is 3.05. The molecule has 0 fully saturated rings. The van der Waals surface area contributed by atoms with Crippen LogP contribution in [0.15, 0.2) is 36.5 Å². The summed E-state index contributed by atoms with van der Waals surface area (Å²) in [6.45, 7) is 6.04. The maximum Gasteiger partial charge on any atom is 0.226 e. The highest BCUT2D eigenvalue weighted by Crippen LogP contribution is 2.14. The first-order valence-electron chi connectivity index (χ1n) is 6.99.